The van der Waals surface area contributed by atoms with Gasteiger partial charge in [-0.3, -0.25) is 9.59 Å². The van der Waals surface area contributed by atoms with E-state index in [0.29, 0.717) is 40.3 Å². The minimum absolute atomic E-state index is 0.103. The second-order valence-electron chi connectivity index (χ2n) is 8.47. The molecule has 1 fully saturated rings. The molecule has 4 amide bonds. The number of nitrogens with one attached hydrogen (secondary N) is 1. The smallest absolute Gasteiger partial charge is 0.332 e. The van der Waals surface area contributed by atoms with Gasteiger partial charge < -0.3 is 24.4 Å². The van der Waals surface area contributed by atoms with Gasteiger partial charge in [-0.25, -0.2) is 9.69 Å². The van der Waals surface area contributed by atoms with E-state index >= 15 is 0 Å². The Bertz CT molecular complexity index is 1330. The van der Waals surface area contributed by atoms with Crippen molar-refractivity contribution >= 4 is 40.8 Å². The zero-order valence-electron chi connectivity index (χ0n) is 20.0. The largest absolute Gasteiger partial charge is 0.494 e. The molecule has 0 radical (unpaired) electrons. The van der Waals surface area contributed by atoms with E-state index in [0.717, 1.165) is 10.5 Å². The monoisotopic (exact) mass is 521 g/mol. The Kier molecular flexibility index (Phi) is 6.87. The van der Waals surface area contributed by atoms with E-state index in [1.165, 1.54) is 4.90 Å². The standard InChI is InChI=1S/C27H24ClN3O6/c1-2-35-21-10-6-19(7-11-21)29-25(32)14-22-26(33)31(20-8-4-18(28)5-9-20)27(34)30(22)15-17-3-12-23-24(13-17)37-16-36-23/h3-13,22H,2,14-16H2,1H3,(H,29,32). The van der Waals surface area contributed by atoms with Crippen LogP contribution in [0.2, 0.25) is 5.02 Å². The highest BCUT2D eigenvalue weighted by molar-refractivity contribution is 6.30. The van der Waals surface area contributed by atoms with E-state index in [1.54, 1.807) is 66.7 Å². The van der Waals surface area contributed by atoms with Crippen molar-refractivity contribution in [2.45, 2.75) is 25.9 Å². The molecule has 0 bridgehead atoms. The minimum atomic E-state index is -1.00. The van der Waals surface area contributed by atoms with E-state index in [-0.39, 0.29) is 19.8 Å². The van der Waals surface area contributed by atoms with Crippen LogP contribution in [0.25, 0.3) is 0 Å². The van der Waals surface area contributed by atoms with Crippen molar-refractivity contribution in [3.8, 4) is 17.2 Å². The first kappa shape index (κ1) is 24.5. The van der Waals surface area contributed by atoms with Crippen molar-refractivity contribution in [3.63, 3.8) is 0 Å². The second-order valence-corrected chi connectivity index (χ2v) is 8.91. The number of rotatable bonds is 8. The first-order valence-corrected chi connectivity index (χ1v) is 12.1. The summed E-state index contributed by atoms with van der Waals surface area (Å²) in [7, 11) is 0. The molecule has 10 heteroatoms. The molecular formula is C27H24ClN3O6. The topological polar surface area (TPSA) is 97.4 Å². The Morgan fingerprint density at radius 2 is 1.76 bits per heavy atom. The molecular weight excluding hydrogens is 498 g/mol. The number of fused-ring (bicyclic) bond motifs is 1. The summed E-state index contributed by atoms with van der Waals surface area (Å²) in [5.41, 5.74) is 1.67. The average molecular weight is 522 g/mol. The van der Waals surface area contributed by atoms with E-state index in [1.807, 2.05) is 6.92 Å². The number of halogens is 1. The van der Waals surface area contributed by atoms with Gasteiger partial charge in [-0.15, -0.1) is 0 Å². The SMILES string of the molecule is CCOc1ccc(NC(=O)CC2C(=O)N(c3ccc(Cl)cc3)C(=O)N2Cc2ccc3c(c2)OCO3)cc1. The molecule has 0 aromatic heterocycles. The Morgan fingerprint density at radius 1 is 1.03 bits per heavy atom. The number of ether oxygens (including phenoxy) is 3. The number of hydrogen-bond acceptors (Lipinski definition) is 6. The molecule has 1 N–H and O–H groups in total. The molecule has 2 aliphatic heterocycles. The van der Waals surface area contributed by atoms with Crippen LogP contribution in [0, 0.1) is 0 Å². The molecule has 0 aliphatic carbocycles. The zero-order valence-corrected chi connectivity index (χ0v) is 20.7. The minimum Gasteiger partial charge on any atom is -0.494 e. The van der Waals surface area contributed by atoms with Gasteiger partial charge in [0.2, 0.25) is 12.7 Å². The van der Waals surface area contributed by atoms with E-state index < -0.39 is 23.9 Å². The molecule has 0 saturated carbocycles. The highest BCUT2D eigenvalue weighted by atomic mass is 35.5. The summed E-state index contributed by atoms with van der Waals surface area (Å²) in [5, 5.41) is 3.27. The predicted molar refractivity (Wildman–Crippen MR) is 137 cm³/mol. The van der Waals surface area contributed by atoms with E-state index in [9.17, 15) is 14.4 Å². The fourth-order valence-electron chi connectivity index (χ4n) is 4.27. The number of hydrogen-bond donors (Lipinski definition) is 1. The third-order valence-corrected chi connectivity index (χ3v) is 6.27. The number of anilines is 2. The number of benzene rings is 3. The number of carbonyl (C=O) groups is 3. The maximum absolute atomic E-state index is 13.5. The van der Waals surface area contributed by atoms with Gasteiger partial charge in [0.15, 0.2) is 11.5 Å². The van der Waals surface area contributed by atoms with Gasteiger partial charge in [-0.05, 0) is 73.2 Å². The van der Waals surface area contributed by atoms with Gasteiger partial charge in [0.05, 0.1) is 18.7 Å². The lowest BCUT2D eigenvalue weighted by molar-refractivity contribution is -0.124. The number of urea groups is 1. The molecule has 1 atom stereocenters. The fourth-order valence-corrected chi connectivity index (χ4v) is 4.39. The lowest BCUT2D eigenvalue weighted by Crippen LogP contribution is -2.37. The fraction of sp³-hybridized carbons (Fsp3) is 0.222. The molecule has 2 heterocycles. The zero-order chi connectivity index (χ0) is 25.9. The molecule has 3 aromatic rings. The summed E-state index contributed by atoms with van der Waals surface area (Å²) in [6.07, 6.45) is -0.216. The van der Waals surface area contributed by atoms with Gasteiger partial charge >= 0.3 is 6.03 Å². The Hall–Kier alpha value is -4.24. The summed E-state index contributed by atoms with van der Waals surface area (Å²) in [5.74, 6) is 0.973. The quantitative estimate of drug-likeness (QED) is 0.426. The van der Waals surface area contributed by atoms with Gasteiger partial charge in [-0.2, -0.15) is 0 Å². The van der Waals surface area contributed by atoms with Crippen molar-refractivity contribution in [1.82, 2.24) is 4.90 Å². The average Bonchev–Trinajstić information content (AvgIpc) is 3.44. The summed E-state index contributed by atoms with van der Waals surface area (Å²) < 4.78 is 16.2. The molecule has 190 valence electrons. The lowest BCUT2D eigenvalue weighted by Gasteiger charge is -2.22. The van der Waals surface area contributed by atoms with Crippen LogP contribution < -0.4 is 24.4 Å². The third kappa shape index (κ3) is 5.17. The van der Waals surface area contributed by atoms with Crippen LogP contribution in [0.4, 0.5) is 16.2 Å². The van der Waals surface area contributed by atoms with Gasteiger partial charge in [0.1, 0.15) is 11.8 Å². The number of amides is 4. The first-order valence-electron chi connectivity index (χ1n) is 11.7. The second kappa shape index (κ2) is 10.4. The third-order valence-electron chi connectivity index (χ3n) is 6.02. The molecule has 2 aliphatic rings. The Balaban J connectivity index is 1.38. The summed E-state index contributed by atoms with van der Waals surface area (Å²) in [4.78, 5) is 42.4. The molecule has 3 aromatic carbocycles. The molecule has 37 heavy (non-hydrogen) atoms. The van der Waals surface area contributed by atoms with Crippen molar-refractivity contribution in [3.05, 3.63) is 77.3 Å². The molecule has 1 saturated heterocycles. The Labute approximate surface area is 218 Å². The normalized spacial score (nSPS) is 16.3. The van der Waals surface area contributed by atoms with Crippen LogP contribution in [-0.2, 0) is 16.1 Å². The maximum Gasteiger partial charge on any atom is 0.332 e. The summed E-state index contributed by atoms with van der Waals surface area (Å²) in [6, 6.07) is 17.1. The maximum atomic E-state index is 13.5. The van der Waals surface area contributed by atoms with Crippen LogP contribution in [0.15, 0.2) is 66.7 Å². The lowest BCUT2D eigenvalue weighted by atomic mass is 10.1. The van der Waals surface area contributed by atoms with E-state index in [2.05, 4.69) is 5.32 Å². The molecule has 0 spiro atoms. The van der Waals surface area contributed by atoms with Crippen molar-refractivity contribution < 1.29 is 28.6 Å². The van der Waals surface area contributed by atoms with Crippen LogP contribution in [0.1, 0.15) is 18.9 Å². The van der Waals surface area contributed by atoms with Crippen molar-refractivity contribution in [1.29, 1.82) is 0 Å². The van der Waals surface area contributed by atoms with Gasteiger partial charge in [-0.1, -0.05) is 17.7 Å². The first-order chi connectivity index (χ1) is 17.9. The molecule has 1 unspecified atom stereocenters. The number of imide groups is 1. The van der Waals surface area contributed by atoms with Crippen LogP contribution >= 0.6 is 11.6 Å². The van der Waals surface area contributed by atoms with Crippen LogP contribution in [0.3, 0.4) is 0 Å². The number of nitrogens with zero attached hydrogens (tertiary/aromatic N) is 2. The van der Waals surface area contributed by atoms with Crippen LogP contribution in [0.5, 0.6) is 17.2 Å². The van der Waals surface area contributed by atoms with Gasteiger partial charge in [0.25, 0.3) is 5.91 Å². The molecule has 5 rings (SSSR count). The highest BCUT2D eigenvalue weighted by Gasteiger charge is 2.46. The van der Waals surface area contributed by atoms with Gasteiger partial charge in [0, 0.05) is 17.3 Å². The summed E-state index contributed by atoms with van der Waals surface area (Å²) >= 11 is 5.99. The predicted octanol–water partition coefficient (Wildman–Crippen LogP) is 4.83. The number of carbonyl (C=O) groups excluding carboxylic acids is 3. The molecule has 9 nitrogen and oxygen atoms in total. The van der Waals surface area contributed by atoms with Crippen LogP contribution in [-0.4, -0.2) is 42.2 Å². The van der Waals surface area contributed by atoms with E-state index in [4.69, 9.17) is 25.8 Å². The van der Waals surface area contributed by atoms with Crippen molar-refractivity contribution in [2.24, 2.45) is 0 Å². The summed E-state index contributed by atoms with van der Waals surface area (Å²) in [6.45, 7) is 2.65. The highest BCUT2D eigenvalue weighted by Crippen LogP contribution is 2.35. The Morgan fingerprint density at radius 3 is 2.49 bits per heavy atom. The van der Waals surface area contributed by atoms with Crippen molar-refractivity contribution in [2.75, 3.05) is 23.6 Å².